The van der Waals surface area contributed by atoms with E-state index in [1.807, 2.05) is 25.7 Å². The van der Waals surface area contributed by atoms with Crippen LogP contribution in [0.1, 0.15) is 47.0 Å². The Labute approximate surface area is 128 Å². The van der Waals surface area contributed by atoms with Crippen LogP contribution >= 0.6 is 0 Å². The number of carbonyl (C=O) groups is 1. The Morgan fingerprint density at radius 1 is 1.43 bits per heavy atom. The summed E-state index contributed by atoms with van der Waals surface area (Å²) in [5.74, 6) is 0.872. The summed E-state index contributed by atoms with van der Waals surface area (Å²) in [5, 5.41) is 3.57. The Morgan fingerprint density at radius 2 is 2.14 bits per heavy atom. The Morgan fingerprint density at radius 3 is 2.76 bits per heavy atom. The number of nitrogens with zero attached hydrogens (tertiary/aromatic N) is 1. The van der Waals surface area contributed by atoms with Crippen LogP contribution in [0.3, 0.4) is 0 Å². The molecule has 0 bridgehead atoms. The van der Waals surface area contributed by atoms with E-state index in [9.17, 15) is 4.79 Å². The number of hydrogen-bond acceptors (Lipinski definition) is 4. The van der Waals surface area contributed by atoms with Crippen LogP contribution in [-0.4, -0.2) is 55.0 Å². The lowest BCUT2D eigenvalue weighted by Gasteiger charge is -2.37. The highest BCUT2D eigenvalue weighted by molar-refractivity contribution is 5.68. The van der Waals surface area contributed by atoms with Gasteiger partial charge >= 0.3 is 6.09 Å². The van der Waals surface area contributed by atoms with E-state index in [4.69, 9.17) is 9.47 Å². The molecule has 1 aliphatic heterocycles. The summed E-state index contributed by atoms with van der Waals surface area (Å²) in [5.41, 5.74) is -0.449. The zero-order valence-electron chi connectivity index (χ0n) is 13.9. The van der Waals surface area contributed by atoms with Crippen LogP contribution in [-0.2, 0) is 9.47 Å². The number of nitrogens with one attached hydrogen (secondary N) is 1. The first-order valence-corrected chi connectivity index (χ1v) is 8.16. The molecule has 5 heteroatoms. The minimum atomic E-state index is -0.449. The molecule has 1 saturated carbocycles. The minimum absolute atomic E-state index is 0.107. The summed E-state index contributed by atoms with van der Waals surface area (Å²) in [6.45, 7) is 10.8. The second-order valence-electron chi connectivity index (χ2n) is 7.39. The lowest BCUT2D eigenvalue weighted by atomic mass is 10.1. The van der Waals surface area contributed by atoms with Crippen LogP contribution in [0.15, 0.2) is 0 Å². The monoisotopic (exact) mass is 298 g/mol. The first kappa shape index (κ1) is 16.6. The topological polar surface area (TPSA) is 50.8 Å². The first-order valence-electron chi connectivity index (χ1n) is 8.16. The van der Waals surface area contributed by atoms with Gasteiger partial charge in [-0.3, -0.25) is 0 Å². The van der Waals surface area contributed by atoms with Crippen molar-refractivity contribution in [3.05, 3.63) is 0 Å². The molecule has 0 radical (unpaired) electrons. The van der Waals surface area contributed by atoms with Crippen molar-refractivity contribution in [2.24, 2.45) is 5.92 Å². The standard InChI is InChI=1S/C16H30N2O3/c1-12(17-10-13-5-6-13)9-14-11-20-8-7-18(14)15(19)21-16(2,3)4/h12-14,17H,5-11H2,1-4H3. The molecule has 2 unspecified atom stereocenters. The third-order valence-corrected chi connectivity index (χ3v) is 3.93. The summed E-state index contributed by atoms with van der Waals surface area (Å²) >= 11 is 0. The SMILES string of the molecule is CC(CC1COCCN1C(=O)OC(C)(C)C)NCC1CC1. The van der Waals surface area contributed by atoms with Gasteiger partial charge in [0.25, 0.3) is 0 Å². The van der Waals surface area contributed by atoms with Gasteiger partial charge in [-0.2, -0.15) is 0 Å². The van der Waals surface area contributed by atoms with Gasteiger partial charge in [0, 0.05) is 12.6 Å². The van der Waals surface area contributed by atoms with Gasteiger partial charge < -0.3 is 19.7 Å². The number of morpholine rings is 1. The molecule has 0 aromatic heterocycles. The highest BCUT2D eigenvalue weighted by atomic mass is 16.6. The zero-order chi connectivity index (χ0) is 15.5. The molecule has 1 saturated heterocycles. The first-order chi connectivity index (χ1) is 9.85. The fraction of sp³-hybridized carbons (Fsp3) is 0.938. The van der Waals surface area contributed by atoms with Crippen LogP contribution < -0.4 is 5.32 Å². The van der Waals surface area contributed by atoms with Crippen molar-refractivity contribution in [2.45, 2.75) is 64.6 Å². The quantitative estimate of drug-likeness (QED) is 0.847. The van der Waals surface area contributed by atoms with E-state index >= 15 is 0 Å². The summed E-state index contributed by atoms with van der Waals surface area (Å²) < 4.78 is 11.1. The molecular formula is C16H30N2O3. The number of hydrogen-bond donors (Lipinski definition) is 1. The van der Waals surface area contributed by atoms with Crippen LogP contribution in [0.5, 0.6) is 0 Å². The van der Waals surface area contributed by atoms with Crippen molar-refractivity contribution in [1.82, 2.24) is 10.2 Å². The molecule has 1 heterocycles. The van der Waals surface area contributed by atoms with Gasteiger partial charge in [-0.15, -0.1) is 0 Å². The zero-order valence-corrected chi connectivity index (χ0v) is 13.9. The summed E-state index contributed by atoms with van der Waals surface area (Å²) in [4.78, 5) is 14.1. The van der Waals surface area contributed by atoms with Gasteiger partial charge in [0.15, 0.2) is 0 Å². The number of carbonyl (C=O) groups excluding carboxylic acids is 1. The van der Waals surface area contributed by atoms with Gasteiger partial charge in [-0.1, -0.05) is 0 Å². The van der Waals surface area contributed by atoms with E-state index in [0.29, 0.717) is 25.8 Å². The van der Waals surface area contributed by atoms with E-state index in [2.05, 4.69) is 12.2 Å². The Hall–Kier alpha value is -0.810. The molecule has 0 spiro atoms. The molecule has 2 aliphatic rings. The largest absolute Gasteiger partial charge is 0.444 e. The highest BCUT2D eigenvalue weighted by Gasteiger charge is 2.32. The van der Waals surface area contributed by atoms with Crippen LogP contribution in [0.4, 0.5) is 4.79 Å². The third kappa shape index (κ3) is 5.83. The second-order valence-corrected chi connectivity index (χ2v) is 7.39. The maximum atomic E-state index is 12.3. The fourth-order valence-electron chi connectivity index (χ4n) is 2.59. The van der Waals surface area contributed by atoms with E-state index in [1.54, 1.807) is 0 Å². The number of rotatable bonds is 5. The van der Waals surface area contributed by atoms with Crippen LogP contribution in [0.2, 0.25) is 0 Å². The molecule has 1 N–H and O–H groups in total. The summed E-state index contributed by atoms with van der Waals surface area (Å²) in [6, 6.07) is 0.498. The average Bonchev–Trinajstić information content (AvgIpc) is 3.19. The van der Waals surface area contributed by atoms with Gasteiger partial charge in [-0.05, 0) is 59.4 Å². The second kappa shape index (κ2) is 6.97. The average molecular weight is 298 g/mol. The maximum Gasteiger partial charge on any atom is 0.410 e. The van der Waals surface area contributed by atoms with Crippen molar-refractivity contribution in [1.29, 1.82) is 0 Å². The fourth-order valence-corrected chi connectivity index (χ4v) is 2.59. The van der Waals surface area contributed by atoms with E-state index in [-0.39, 0.29) is 12.1 Å². The van der Waals surface area contributed by atoms with E-state index in [1.165, 1.54) is 12.8 Å². The van der Waals surface area contributed by atoms with Crippen molar-refractivity contribution in [3.63, 3.8) is 0 Å². The van der Waals surface area contributed by atoms with Crippen molar-refractivity contribution < 1.29 is 14.3 Å². The molecule has 122 valence electrons. The lowest BCUT2D eigenvalue weighted by molar-refractivity contribution is -0.0355. The number of amides is 1. The van der Waals surface area contributed by atoms with Gasteiger partial charge in [0.2, 0.25) is 0 Å². The summed E-state index contributed by atoms with van der Waals surface area (Å²) in [6.07, 6.45) is 3.41. The molecule has 2 rings (SSSR count). The molecular weight excluding hydrogens is 268 g/mol. The summed E-state index contributed by atoms with van der Waals surface area (Å²) in [7, 11) is 0. The van der Waals surface area contributed by atoms with Crippen LogP contribution in [0, 0.1) is 5.92 Å². The number of ether oxygens (including phenoxy) is 2. The minimum Gasteiger partial charge on any atom is -0.444 e. The van der Waals surface area contributed by atoms with E-state index in [0.717, 1.165) is 18.9 Å². The molecule has 5 nitrogen and oxygen atoms in total. The van der Waals surface area contributed by atoms with Crippen molar-refractivity contribution >= 4 is 6.09 Å². The molecule has 0 aromatic carbocycles. The van der Waals surface area contributed by atoms with Crippen molar-refractivity contribution in [2.75, 3.05) is 26.3 Å². The molecule has 2 fully saturated rings. The maximum absolute atomic E-state index is 12.3. The smallest absolute Gasteiger partial charge is 0.410 e. The van der Waals surface area contributed by atoms with Crippen LogP contribution in [0.25, 0.3) is 0 Å². The molecule has 1 aliphatic carbocycles. The highest BCUT2D eigenvalue weighted by Crippen LogP contribution is 2.28. The molecule has 0 aromatic rings. The Bertz CT molecular complexity index is 350. The predicted molar refractivity (Wildman–Crippen MR) is 82.4 cm³/mol. The van der Waals surface area contributed by atoms with Gasteiger partial charge in [-0.25, -0.2) is 4.79 Å². The van der Waals surface area contributed by atoms with Crippen molar-refractivity contribution in [3.8, 4) is 0 Å². The molecule has 2 atom stereocenters. The van der Waals surface area contributed by atoms with Gasteiger partial charge in [0.1, 0.15) is 5.60 Å². The predicted octanol–water partition coefficient (Wildman–Crippen LogP) is 2.40. The van der Waals surface area contributed by atoms with Gasteiger partial charge in [0.05, 0.1) is 19.3 Å². The molecule has 21 heavy (non-hydrogen) atoms. The Balaban J connectivity index is 1.83. The Kier molecular flexibility index (Phi) is 5.49. The normalized spacial score (nSPS) is 24.8. The lowest BCUT2D eigenvalue weighted by Crippen LogP contribution is -2.52. The molecule has 1 amide bonds. The van der Waals surface area contributed by atoms with E-state index < -0.39 is 5.60 Å². The third-order valence-electron chi connectivity index (χ3n) is 3.93.